The average Bonchev–Trinajstić information content (AvgIpc) is 2.73. The average molecular weight is 520 g/mol. The SMILES string of the molecule is CCCC(=O)Nc1ccc(Cl)c(N=Cc2cc(Cc3ccccc3Cl)cc(Br)c2O)c1. The Morgan fingerprint density at radius 2 is 1.90 bits per heavy atom. The second kappa shape index (κ2) is 10.8. The van der Waals surface area contributed by atoms with E-state index in [4.69, 9.17) is 23.2 Å². The summed E-state index contributed by atoms with van der Waals surface area (Å²) in [4.78, 5) is 16.3. The molecule has 2 N–H and O–H groups in total. The molecular formula is C24H21BrCl2N2O2. The second-order valence-electron chi connectivity index (χ2n) is 7.01. The van der Waals surface area contributed by atoms with Crippen LogP contribution in [-0.4, -0.2) is 17.2 Å². The Hall–Kier alpha value is -2.34. The highest BCUT2D eigenvalue weighted by Gasteiger charge is 2.10. The third-order valence-corrected chi connectivity index (χ3v) is 5.85. The zero-order valence-electron chi connectivity index (χ0n) is 16.8. The second-order valence-corrected chi connectivity index (χ2v) is 8.67. The maximum atomic E-state index is 11.9. The summed E-state index contributed by atoms with van der Waals surface area (Å²) in [6.45, 7) is 1.95. The molecule has 0 atom stereocenters. The van der Waals surface area contributed by atoms with Crippen LogP contribution in [0.4, 0.5) is 11.4 Å². The maximum Gasteiger partial charge on any atom is 0.224 e. The summed E-state index contributed by atoms with van der Waals surface area (Å²) in [5.41, 5.74) is 3.60. The van der Waals surface area contributed by atoms with Crippen LogP contribution in [0.2, 0.25) is 10.0 Å². The fourth-order valence-electron chi connectivity index (χ4n) is 3.02. The van der Waals surface area contributed by atoms with Gasteiger partial charge in [0, 0.05) is 28.9 Å². The fourth-order valence-corrected chi connectivity index (χ4v) is 3.91. The number of amides is 1. The summed E-state index contributed by atoms with van der Waals surface area (Å²) < 4.78 is 0.560. The van der Waals surface area contributed by atoms with Gasteiger partial charge in [-0.1, -0.05) is 48.3 Å². The lowest BCUT2D eigenvalue weighted by Crippen LogP contribution is -2.10. The van der Waals surface area contributed by atoms with Gasteiger partial charge in [-0.15, -0.1) is 0 Å². The first-order chi connectivity index (χ1) is 14.9. The molecule has 3 rings (SSSR count). The summed E-state index contributed by atoms with van der Waals surface area (Å²) in [6.07, 6.45) is 3.37. The van der Waals surface area contributed by atoms with Crippen LogP contribution in [0.1, 0.15) is 36.5 Å². The van der Waals surface area contributed by atoms with Gasteiger partial charge in [0.1, 0.15) is 5.75 Å². The Balaban J connectivity index is 1.87. The molecule has 4 nitrogen and oxygen atoms in total. The summed E-state index contributed by atoms with van der Waals surface area (Å²) >= 11 is 16.0. The van der Waals surface area contributed by atoms with Crippen LogP contribution < -0.4 is 5.32 Å². The Bertz CT molecular complexity index is 1130. The van der Waals surface area contributed by atoms with E-state index in [1.165, 1.54) is 0 Å². The molecule has 7 heteroatoms. The van der Waals surface area contributed by atoms with E-state index in [0.717, 1.165) is 17.5 Å². The number of aromatic hydroxyl groups is 1. The van der Waals surface area contributed by atoms with E-state index in [1.54, 1.807) is 24.4 Å². The lowest BCUT2D eigenvalue weighted by atomic mass is 10.0. The number of nitrogens with zero attached hydrogens (tertiary/aromatic N) is 1. The molecule has 0 heterocycles. The van der Waals surface area contributed by atoms with Gasteiger partial charge in [0.15, 0.2) is 0 Å². The van der Waals surface area contributed by atoms with Crippen LogP contribution in [-0.2, 0) is 11.2 Å². The Morgan fingerprint density at radius 1 is 1.13 bits per heavy atom. The molecule has 0 saturated heterocycles. The summed E-state index contributed by atoms with van der Waals surface area (Å²) in [5, 5.41) is 14.4. The lowest BCUT2D eigenvalue weighted by molar-refractivity contribution is -0.116. The molecule has 3 aromatic rings. The van der Waals surface area contributed by atoms with Gasteiger partial charge in [-0.05, 0) is 76.3 Å². The number of phenolic OH excluding ortho intramolecular Hbond substituents is 1. The smallest absolute Gasteiger partial charge is 0.224 e. The van der Waals surface area contributed by atoms with Crippen molar-refractivity contribution in [2.24, 2.45) is 4.99 Å². The monoisotopic (exact) mass is 518 g/mol. The van der Waals surface area contributed by atoms with Gasteiger partial charge < -0.3 is 10.4 Å². The number of hydrogen-bond donors (Lipinski definition) is 2. The van der Waals surface area contributed by atoms with Crippen molar-refractivity contribution >= 4 is 62.6 Å². The molecule has 0 aliphatic carbocycles. The predicted molar refractivity (Wildman–Crippen MR) is 132 cm³/mol. The highest BCUT2D eigenvalue weighted by atomic mass is 79.9. The molecule has 0 aliphatic rings. The Kier molecular flexibility index (Phi) is 8.13. The van der Waals surface area contributed by atoms with Crippen molar-refractivity contribution in [3.63, 3.8) is 0 Å². The molecule has 0 bridgehead atoms. The van der Waals surface area contributed by atoms with Crippen LogP contribution in [0.5, 0.6) is 5.75 Å². The number of anilines is 1. The van der Waals surface area contributed by atoms with Crippen molar-refractivity contribution in [1.29, 1.82) is 0 Å². The minimum absolute atomic E-state index is 0.0615. The third-order valence-electron chi connectivity index (χ3n) is 4.55. The van der Waals surface area contributed by atoms with Crippen LogP contribution in [0.25, 0.3) is 0 Å². The number of carbonyl (C=O) groups excluding carboxylic acids is 1. The number of halogens is 3. The highest BCUT2D eigenvalue weighted by Crippen LogP contribution is 2.32. The Labute approximate surface area is 200 Å². The zero-order valence-corrected chi connectivity index (χ0v) is 19.9. The first-order valence-electron chi connectivity index (χ1n) is 9.75. The van der Waals surface area contributed by atoms with E-state index >= 15 is 0 Å². The van der Waals surface area contributed by atoms with Gasteiger partial charge >= 0.3 is 0 Å². The number of benzene rings is 3. The topological polar surface area (TPSA) is 61.7 Å². The molecule has 31 heavy (non-hydrogen) atoms. The van der Waals surface area contributed by atoms with Crippen molar-refractivity contribution in [2.45, 2.75) is 26.2 Å². The first kappa shape index (κ1) is 23.3. The largest absolute Gasteiger partial charge is 0.506 e. The number of phenols is 1. The number of rotatable bonds is 7. The van der Waals surface area contributed by atoms with Crippen molar-refractivity contribution in [3.8, 4) is 5.75 Å². The van der Waals surface area contributed by atoms with Crippen LogP contribution in [0.3, 0.4) is 0 Å². The van der Waals surface area contributed by atoms with Gasteiger partial charge in [0.2, 0.25) is 5.91 Å². The Morgan fingerprint density at radius 3 is 2.65 bits per heavy atom. The molecule has 160 valence electrons. The van der Waals surface area contributed by atoms with Gasteiger partial charge in [-0.3, -0.25) is 9.79 Å². The molecule has 0 unspecified atom stereocenters. The molecule has 0 aromatic heterocycles. The summed E-state index contributed by atoms with van der Waals surface area (Å²) in [5.74, 6) is 0.0174. The standard InChI is InChI=1S/C24H21BrCl2N2O2/c1-2-5-23(30)29-18-8-9-21(27)22(13-18)28-14-17-11-15(12-19(25)24(17)31)10-16-6-3-4-7-20(16)26/h3-4,6-9,11-14,31H,2,5,10H2,1H3,(H,29,30). The van der Waals surface area contributed by atoms with E-state index in [-0.39, 0.29) is 11.7 Å². The molecule has 0 spiro atoms. The molecular weight excluding hydrogens is 499 g/mol. The molecule has 0 fully saturated rings. The van der Waals surface area contributed by atoms with E-state index in [9.17, 15) is 9.90 Å². The normalized spacial score (nSPS) is 11.1. The number of aliphatic imine (C=N–C) groups is 1. The number of nitrogens with one attached hydrogen (secondary N) is 1. The van der Waals surface area contributed by atoms with Crippen LogP contribution >= 0.6 is 39.1 Å². The lowest BCUT2D eigenvalue weighted by Gasteiger charge is -2.09. The molecule has 0 aliphatic heterocycles. The van der Waals surface area contributed by atoms with Gasteiger partial charge in [-0.2, -0.15) is 0 Å². The first-order valence-corrected chi connectivity index (χ1v) is 11.3. The van der Waals surface area contributed by atoms with E-state index in [1.807, 2.05) is 43.3 Å². The summed E-state index contributed by atoms with van der Waals surface area (Å²) in [6, 6.07) is 16.5. The quantitative estimate of drug-likeness (QED) is 0.316. The van der Waals surface area contributed by atoms with Crippen molar-refractivity contribution < 1.29 is 9.90 Å². The molecule has 3 aromatic carbocycles. The van der Waals surface area contributed by atoms with Crippen molar-refractivity contribution in [2.75, 3.05) is 5.32 Å². The highest BCUT2D eigenvalue weighted by molar-refractivity contribution is 9.10. The van der Waals surface area contributed by atoms with Crippen molar-refractivity contribution in [3.05, 3.63) is 85.8 Å². The van der Waals surface area contributed by atoms with Gasteiger partial charge in [0.25, 0.3) is 0 Å². The van der Waals surface area contributed by atoms with Gasteiger partial charge in [-0.25, -0.2) is 0 Å². The predicted octanol–water partition coefficient (Wildman–Crippen LogP) is 7.54. The van der Waals surface area contributed by atoms with Crippen LogP contribution in [0.15, 0.2) is 64.1 Å². The van der Waals surface area contributed by atoms with Crippen LogP contribution in [0, 0.1) is 0 Å². The van der Waals surface area contributed by atoms with Crippen molar-refractivity contribution in [1.82, 2.24) is 0 Å². The fraction of sp³-hybridized carbons (Fsp3) is 0.167. The molecule has 0 radical (unpaired) electrons. The number of hydrogen-bond acceptors (Lipinski definition) is 3. The minimum Gasteiger partial charge on any atom is -0.506 e. The maximum absolute atomic E-state index is 11.9. The number of carbonyl (C=O) groups is 1. The third kappa shape index (κ3) is 6.33. The minimum atomic E-state index is -0.0615. The van der Waals surface area contributed by atoms with E-state index in [2.05, 4.69) is 26.2 Å². The summed E-state index contributed by atoms with van der Waals surface area (Å²) in [7, 11) is 0. The van der Waals surface area contributed by atoms with E-state index < -0.39 is 0 Å². The molecule has 1 amide bonds. The zero-order chi connectivity index (χ0) is 22.4. The molecule has 0 saturated carbocycles. The van der Waals surface area contributed by atoms with E-state index in [0.29, 0.717) is 44.3 Å². The van der Waals surface area contributed by atoms with Gasteiger partial charge in [0.05, 0.1) is 15.2 Å².